The van der Waals surface area contributed by atoms with Crippen LogP contribution < -0.4 is 17.2 Å². The molecule has 0 saturated carbocycles. The van der Waals surface area contributed by atoms with Crippen molar-refractivity contribution in [3.63, 3.8) is 0 Å². The third kappa shape index (κ3) is 3.08. The minimum Gasteiger partial charge on any atom is -0.383 e. The van der Waals surface area contributed by atoms with Gasteiger partial charge in [0, 0.05) is 30.3 Å². The molecule has 0 aliphatic heterocycles. The highest BCUT2D eigenvalue weighted by Gasteiger charge is 2.13. The van der Waals surface area contributed by atoms with E-state index in [1.165, 1.54) is 17.8 Å². The Balaban J connectivity index is 2.20. The van der Waals surface area contributed by atoms with Crippen LogP contribution in [0.2, 0.25) is 0 Å². The third-order valence-electron chi connectivity index (χ3n) is 2.28. The van der Waals surface area contributed by atoms with Gasteiger partial charge in [-0.1, -0.05) is 11.8 Å². The van der Waals surface area contributed by atoms with Crippen molar-refractivity contribution in [2.24, 2.45) is 5.73 Å². The quantitative estimate of drug-likeness (QED) is 0.551. The number of rotatable bonds is 4. The lowest BCUT2D eigenvalue weighted by Gasteiger charge is -2.13. The number of pyridine rings is 1. The zero-order valence-corrected chi connectivity index (χ0v) is 10.5. The van der Waals surface area contributed by atoms with Crippen molar-refractivity contribution in [3.05, 3.63) is 36.2 Å². The summed E-state index contributed by atoms with van der Waals surface area (Å²) in [5, 5.41) is 0.578. The molecule has 1 unspecified atom stereocenters. The highest BCUT2D eigenvalue weighted by atomic mass is 32.2. The molecule has 1 atom stereocenters. The first-order valence-electron chi connectivity index (χ1n) is 5.35. The standard InChI is InChI=1S/C11H14N6S/c12-6-8(7-1-3-15-4-2-7)18-11-16-9(13)5-10(14)17-11/h1-5,8H,6,12H2,(H4,13,14,16,17). The van der Waals surface area contributed by atoms with E-state index in [1.807, 2.05) is 12.1 Å². The van der Waals surface area contributed by atoms with E-state index in [4.69, 9.17) is 17.2 Å². The van der Waals surface area contributed by atoms with E-state index in [0.29, 0.717) is 23.3 Å². The summed E-state index contributed by atoms with van der Waals surface area (Å²) < 4.78 is 0. The monoisotopic (exact) mass is 262 g/mol. The Morgan fingerprint density at radius 3 is 2.28 bits per heavy atom. The second-order valence-electron chi connectivity index (χ2n) is 3.62. The van der Waals surface area contributed by atoms with E-state index in [-0.39, 0.29) is 5.25 Å². The van der Waals surface area contributed by atoms with Crippen molar-refractivity contribution >= 4 is 23.4 Å². The van der Waals surface area contributed by atoms with Crippen LogP contribution in [0.25, 0.3) is 0 Å². The minimum atomic E-state index is 0.0502. The van der Waals surface area contributed by atoms with Crippen LogP contribution in [0.3, 0.4) is 0 Å². The van der Waals surface area contributed by atoms with Crippen LogP contribution in [0.5, 0.6) is 0 Å². The zero-order chi connectivity index (χ0) is 13.0. The maximum atomic E-state index is 5.77. The average molecular weight is 262 g/mol. The van der Waals surface area contributed by atoms with Crippen molar-refractivity contribution in [2.45, 2.75) is 10.4 Å². The minimum absolute atomic E-state index is 0.0502. The lowest BCUT2D eigenvalue weighted by molar-refractivity contribution is 0.912. The van der Waals surface area contributed by atoms with Crippen LogP contribution in [-0.2, 0) is 0 Å². The molecular weight excluding hydrogens is 248 g/mol. The summed E-state index contributed by atoms with van der Waals surface area (Å²) in [5.74, 6) is 0.714. The number of hydrogen-bond acceptors (Lipinski definition) is 7. The van der Waals surface area contributed by atoms with Gasteiger partial charge in [0.25, 0.3) is 0 Å². The molecule has 0 amide bonds. The molecule has 2 aromatic heterocycles. The summed E-state index contributed by atoms with van der Waals surface area (Å²) in [5.41, 5.74) is 18.1. The summed E-state index contributed by atoms with van der Waals surface area (Å²) in [6.07, 6.45) is 3.46. The molecule has 7 heteroatoms. The molecule has 94 valence electrons. The highest BCUT2D eigenvalue weighted by Crippen LogP contribution is 2.32. The van der Waals surface area contributed by atoms with E-state index >= 15 is 0 Å². The average Bonchev–Trinajstić information content (AvgIpc) is 2.36. The summed E-state index contributed by atoms with van der Waals surface area (Å²) in [6, 6.07) is 5.36. The van der Waals surface area contributed by atoms with Gasteiger partial charge >= 0.3 is 0 Å². The molecule has 0 bridgehead atoms. The van der Waals surface area contributed by atoms with E-state index in [9.17, 15) is 0 Å². The molecule has 0 fully saturated rings. The van der Waals surface area contributed by atoms with Crippen molar-refractivity contribution in [1.82, 2.24) is 15.0 Å². The Hall–Kier alpha value is -1.86. The van der Waals surface area contributed by atoms with Gasteiger partial charge in [0.15, 0.2) is 5.16 Å². The lowest BCUT2D eigenvalue weighted by Crippen LogP contribution is -2.10. The van der Waals surface area contributed by atoms with Crippen LogP contribution >= 0.6 is 11.8 Å². The van der Waals surface area contributed by atoms with Gasteiger partial charge < -0.3 is 17.2 Å². The van der Waals surface area contributed by atoms with Gasteiger partial charge in [0.05, 0.1) is 0 Å². The highest BCUT2D eigenvalue weighted by molar-refractivity contribution is 7.99. The molecule has 2 aromatic rings. The van der Waals surface area contributed by atoms with Gasteiger partial charge in [-0.05, 0) is 17.7 Å². The van der Waals surface area contributed by atoms with Gasteiger partial charge in [-0.15, -0.1) is 0 Å². The van der Waals surface area contributed by atoms with Crippen LogP contribution in [0.4, 0.5) is 11.6 Å². The Morgan fingerprint density at radius 1 is 1.11 bits per heavy atom. The second kappa shape index (κ2) is 5.65. The Kier molecular flexibility index (Phi) is 3.96. The summed E-state index contributed by atoms with van der Waals surface area (Å²) >= 11 is 1.44. The number of thioether (sulfide) groups is 1. The van der Waals surface area contributed by atoms with Gasteiger partial charge in [-0.2, -0.15) is 0 Å². The van der Waals surface area contributed by atoms with E-state index in [0.717, 1.165) is 5.56 Å². The Morgan fingerprint density at radius 2 is 1.72 bits per heavy atom. The number of anilines is 2. The first kappa shape index (κ1) is 12.6. The van der Waals surface area contributed by atoms with Crippen LogP contribution in [0.15, 0.2) is 35.7 Å². The molecular formula is C11H14N6S. The number of aromatic nitrogens is 3. The van der Waals surface area contributed by atoms with E-state index < -0.39 is 0 Å². The molecule has 0 radical (unpaired) electrons. The molecule has 6 nitrogen and oxygen atoms in total. The fourth-order valence-electron chi connectivity index (χ4n) is 1.47. The normalized spacial score (nSPS) is 12.3. The molecule has 2 rings (SSSR count). The predicted octanol–water partition coefficient (Wildman–Crippen LogP) is 0.828. The number of nitrogen functional groups attached to an aromatic ring is 2. The number of nitrogens with zero attached hydrogens (tertiary/aromatic N) is 3. The van der Waals surface area contributed by atoms with E-state index in [2.05, 4.69) is 15.0 Å². The maximum Gasteiger partial charge on any atom is 0.192 e. The van der Waals surface area contributed by atoms with Gasteiger partial charge in [0.1, 0.15) is 11.6 Å². The van der Waals surface area contributed by atoms with Crippen LogP contribution in [0, 0.1) is 0 Å². The number of nitrogens with two attached hydrogens (primary N) is 3. The largest absolute Gasteiger partial charge is 0.383 e. The second-order valence-corrected chi connectivity index (χ2v) is 4.79. The van der Waals surface area contributed by atoms with Gasteiger partial charge in [-0.3, -0.25) is 4.98 Å². The molecule has 0 aliphatic rings. The Bertz CT molecular complexity index is 498. The first-order chi connectivity index (χ1) is 8.69. The van der Waals surface area contributed by atoms with Crippen LogP contribution in [0.1, 0.15) is 10.8 Å². The molecule has 0 saturated heterocycles. The smallest absolute Gasteiger partial charge is 0.192 e. The predicted molar refractivity (Wildman–Crippen MR) is 72.7 cm³/mol. The SMILES string of the molecule is NCC(Sc1nc(N)cc(N)n1)c1ccncc1. The maximum absolute atomic E-state index is 5.77. The summed E-state index contributed by atoms with van der Waals surface area (Å²) in [7, 11) is 0. The van der Waals surface area contributed by atoms with E-state index in [1.54, 1.807) is 12.4 Å². The van der Waals surface area contributed by atoms with Crippen molar-refractivity contribution in [3.8, 4) is 0 Å². The summed E-state index contributed by atoms with van der Waals surface area (Å²) in [6.45, 7) is 0.465. The molecule has 0 spiro atoms. The lowest BCUT2D eigenvalue weighted by atomic mass is 10.2. The molecule has 18 heavy (non-hydrogen) atoms. The molecule has 2 heterocycles. The topological polar surface area (TPSA) is 117 Å². The molecule has 0 aliphatic carbocycles. The number of hydrogen-bond donors (Lipinski definition) is 3. The van der Waals surface area contributed by atoms with Crippen molar-refractivity contribution < 1.29 is 0 Å². The van der Waals surface area contributed by atoms with Gasteiger partial charge in [-0.25, -0.2) is 9.97 Å². The summed E-state index contributed by atoms with van der Waals surface area (Å²) in [4.78, 5) is 12.2. The molecule has 6 N–H and O–H groups in total. The fourth-order valence-corrected chi connectivity index (χ4v) is 2.43. The fraction of sp³-hybridized carbons (Fsp3) is 0.182. The first-order valence-corrected chi connectivity index (χ1v) is 6.23. The van der Waals surface area contributed by atoms with Crippen molar-refractivity contribution in [2.75, 3.05) is 18.0 Å². The van der Waals surface area contributed by atoms with Crippen molar-refractivity contribution in [1.29, 1.82) is 0 Å². The van der Waals surface area contributed by atoms with Crippen LogP contribution in [-0.4, -0.2) is 21.5 Å². The molecule has 0 aromatic carbocycles. The van der Waals surface area contributed by atoms with Gasteiger partial charge in [0.2, 0.25) is 0 Å². The Labute approximate surface area is 109 Å². The zero-order valence-electron chi connectivity index (χ0n) is 9.65. The third-order valence-corrected chi connectivity index (χ3v) is 3.43.